The lowest BCUT2D eigenvalue weighted by Gasteiger charge is -2.27. The molecule has 0 aliphatic rings. The van der Waals surface area contributed by atoms with E-state index in [0.717, 1.165) is 37.9 Å². The second kappa shape index (κ2) is 9.09. The van der Waals surface area contributed by atoms with Crippen LogP contribution in [-0.2, 0) is 6.42 Å². The number of aliphatic hydroxyl groups is 1. The van der Waals surface area contributed by atoms with Gasteiger partial charge in [-0.25, -0.2) is 0 Å². The SMILES string of the molecule is CCCC(O)(CCC)COc1cccc(C[C@@H](C)CC)c1. The Morgan fingerprint density at radius 3 is 2.38 bits per heavy atom. The van der Waals surface area contributed by atoms with Gasteiger partial charge in [0.05, 0.1) is 5.60 Å². The van der Waals surface area contributed by atoms with Crippen LogP contribution in [0.4, 0.5) is 0 Å². The van der Waals surface area contributed by atoms with Crippen LogP contribution in [0.15, 0.2) is 24.3 Å². The minimum atomic E-state index is -0.684. The first-order chi connectivity index (χ1) is 10.0. The van der Waals surface area contributed by atoms with Gasteiger partial charge in [0, 0.05) is 0 Å². The molecule has 120 valence electrons. The lowest BCUT2D eigenvalue weighted by atomic mass is 9.94. The molecule has 0 amide bonds. The third-order valence-electron chi connectivity index (χ3n) is 4.12. The summed E-state index contributed by atoms with van der Waals surface area (Å²) in [7, 11) is 0. The van der Waals surface area contributed by atoms with Gasteiger partial charge in [-0.1, -0.05) is 59.1 Å². The third-order valence-corrected chi connectivity index (χ3v) is 4.12. The number of rotatable bonds is 10. The molecule has 1 atom stereocenters. The van der Waals surface area contributed by atoms with Crippen molar-refractivity contribution >= 4 is 0 Å². The molecule has 0 spiro atoms. The Kier molecular flexibility index (Phi) is 7.81. The monoisotopic (exact) mass is 292 g/mol. The molecule has 0 aliphatic carbocycles. The van der Waals surface area contributed by atoms with E-state index in [1.54, 1.807) is 0 Å². The molecule has 0 aromatic heterocycles. The van der Waals surface area contributed by atoms with Crippen molar-refractivity contribution in [1.29, 1.82) is 0 Å². The van der Waals surface area contributed by atoms with Crippen LogP contribution in [0.25, 0.3) is 0 Å². The highest BCUT2D eigenvalue weighted by Gasteiger charge is 2.25. The van der Waals surface area contributed by atoms with Crippen molar-refractivity contribution in [3.63, 3.8) is 0 Å². The quantitative estimate of drug-likeness (QED) is 0.658. The van der Waals surface area contributed by atoms with Crippen LogP contribution in [-0.4, -0.2) is 17.3 Å². The maximum Gasteiger partial charge on any atom is 0.119 e. The molecule has 2 nitrogen and oxygen atoms in total. The topological polar surface area (TPSA) is 29.5 Å². The minimum Gasteiger partial charge on any atom is -0.491 e. The Morgan fingerprint density at radius 1 is 1.14 bits per heavy atom. The van der Waals surface area contributed by atoms with Gasteiger partial charge in [0.25, 0.3) is 0 Å². The largest absolute Gasteiger partial charge is 0.491 e. The predicted octanol–water partition coefficient (Wildman–Crippen LogP) is 4.99. The van der Waals surface area contributed by atoms with Gasteiger partial charge in [0.15, 0.2) is 0 Å². The first-order valence-corrected chi connectivity index (χ1v) is 8.47. The Morgan fingerprint density at radius 2 is 1.81 bits per heavy atom. The van der Waals surface area contributed by atoms with Gasteiger partial charge in [0.2, 0.25) is 0 Å². The van der Waals surface area contributed by atoms with Gasteiger partial charge in [-0.2, -0.15) is 0 Å². The highest BCUT2D eigenvalue weighted by Crippen LogP contribution is 2.23. The van der Waals surface area contributed by atoms with E-state index >= 15 is 0 Å². The van der Waals surface area contributed by atoms with E-state index < -0.39 is 5.60 Å². The molecule has 21 heavy (non-hydrogen) atoms. The van der Waals surface area contributed by atoms with Gasteiger partial charge in [0.1, 0.15) is 12.4 Å². The average Bonchev–Trinajstić information content (AvgIpc) is 2.46. The van der Waals surface area contributed by atoms with E-state index in [1.807, 2.05) is 12.1 Å². The average molecular weight is 292 g/mol. The highest BCUT2D eigenvalue weighted by atomic mass is 16.5. The minimum absolute atomic E-state index is 0.390. The standard InChI is InChI=1S/C19H32O2/c1-5-11-19(20,12-6-2)15-21-18-10-8-9-17(14-18)13-16(4)7-3/h8-10,14,16,20H,5-7,11-13,15H2,1-4H3/t16-/m0/s1. The fourth-order valence-electron chi connectivity index (χ4n) is 2.73. The van der Waals surface area contributed by atoms with Gasteiger partial charge >= 0.3 is 0 Å². The van der Waals surface area contributed by atoms with Gasteiger partial charge in [-0.15, -0.1) is 0 Å². The van der Waals surface area contributed by atoms with Crippen LogP contribution < -0.4 is 4.74 Å². The second-order valence-corrected chi connectivity index (χ2v) is 6.38. The lowest BCUT2D eigenvalue weighted by molar-refractivity contribution is -0.0202. The summed E-state index contributed by atoms with van der Waals surface area (Å²) < 4.78 is 5.88. The molecule has 0 aliphatic heterocycles. The summed E-state index contributed by atoms with van der Waals surface area (Å²) in [5, 5.41) is 10.6. The smallest absolute Gasteiger partial charge is 0.119 e. The van der Waals surface area contributed by atoms with Crippen molar-refractivity contribution < 1.29 is 9.84 Å². The van der Waals surface area contributed by atoms with E-state index in [-0.39, 0.29) is 0 Å². The van der Waals surface area contributed by atoms with Crippen molar-refractivity contribution in [2.75, 3.05) is 6.61 Å². The zero-order chi connectivity index (χ0) is 15.7. The second-order valence-electron chi connectivity index (χ2n) is 6.38. The molecule has 0 fully saturated rings. The van der Waals surface area contributed by atoms with Crippen LogP contribution in [0, 0.1) is 5.92 Å². The fourth-order valence-corrected chi connectivity index (χ4v) is 2.73. The third kappa shape index (κ3) is 6.52. The molecule has 2 heteroatoms. The first-order valence-electron chi connectivity index (χ1n) is 8.47. The summed E-state index contributed by atoms with van der Waals surface area (Å²) in [5.41, 5.74) is 0.632. The maximum atomic E-state index is 10.6. The highest BCUT2D eigenvalue weighted by molar-refractivity contribution is 5.28. The molecule has 1 N–H and O–H groups in total. The molecular formula is C19H32O2. The maximum absolute atomic E-state index is 10.6. The summed E-state index contributed by atoms with van der Waals surface area (Å²) in [6, 6.07) is 8.30. The number of hydrogen-bond acceptors (Lipinski definition) is 2. The normalized spacial score (nSPS) is 13.2. The summed E-state index contributed by atoms with van der Waals surface area (Å²) in [6.45, 7) is 9.09. The zero-order valence-corrected chi connectivity index (χ0v) is 14.2. The van der Waals surface area contributed by atoms with Crippen molar-refractivity contribution in [1.82, 2.24) is 0 Å². The Hall–Kier alpha value is -1.02. The predicted molar refractivity (Wildman–Crippen MR) is 89.9 cm³/mol. The number of ether oxygens (including phenoxy) is 1. The van der Waals surface area contributed by atoms with Crippen molar-refractivity contribution in [3.8, 4) is 5.75 Å². The van der Waals surface area contributed by atoms with Crippen LogP contribution in [0.1, 0.15) is 65.4 Å². The molecule has 0 unspecified atom stereocenters. The first kappa shape index (κ1) is 18.0. The van der Waals surface area contributed by atoms with E-state index in [4.69, 9.17) is 4.74 Å². The van der Waals surface area contributed by atoms with Gasteiger partial charge < -0.3 is 9.84 Å². The molecule has 0 radical (unpaired) electrons. The molecule has 0 bridgehead atoms. The van der Waals surface area contributed by atoms with Crippen LogP contribution in [0.5, 0.6) is 5.75 Å². The van der Waals surface area contributed by atoms with Crippen LogP contribution in [0.2, 0.25) is 0 Å². The van der Waals surface area contributed by atoms with Crippen LogP contribution >= 0.6 is 0 Å². The Bertz CT molecular complexity index is 394. The van der Waals surface area contributed by atoms with Crippen molar-refractivity contribution in [3.05, 3.63) is 29.8 Å². The molecule has 1 aromatic rings. The van der Waals surface area contributed by atoms with E-state index in [1.165, 1.54) is 12.0 Å². The molecule has 0 saturated heterocycles. The number of hydrogen-bond donors (Lipinski definition) is 1. The van der Waals surface area contributed by atoms with Crippen molar-refractivity contribution in [2.45, 2.75) is 71.8 Å². The van der Waals surface area contributed by atoms with E-state index in [9.17, 15) is 5.11 Å². The summed E-state index contributed by atoms with van der Waals surface area (Å²) >= 11 is 0. The summed E-state index contributed by atoms with van der Waals surface area (Å²) in [5.74, 6) is 1.57. The summed E-state index contributed by atoms with van der Waals surface area (Å²) in [4.78, 5) is 0. The molecular weight excluding hydrogens is 260 g/mol. The molecule has 0 saturated carbocycles. The van der Waals surface area contributed by atoms with Crippen molar-refractivity contribution in [2.24, 2.45) is 5.92 Å². The Balaban J connectivity index is 2.63. The fraction of sp³-hybridized carbons (Fsp3) is 0.684. The summed E-state index contributed by atoms with van der Waals surface area (Å²) in [6.07, 6.45) is 5.84. The van der Waals surface area contributed by atoms with Gasteiger partial charge in [-0.05, 0) is 42.9 Å². The lowest BCUT2D eigenvalue weighted by Crippen LogP contribution is -2.35. The van der Waals surface area contributed by atoms with E-state index in [2.05, 4.69) is 39.8 Å². The van der Waals surface area contributed by atoms with Gasteiger partial charge in [-0.3, -0.25) is 0 Å². The van der Waals surface area contributed by atoms with E-state index in [0.29, 0.717) is 12.5 Å². The molecule has 1 aromatic carbocycles. The molecule has 0 heterocycles. The Labute approximate surface area is 130 Å². The number of benzene rings is 1. The van der Waals surface area contributed by atoms with Crippen LogP contribution in [0.3, 0.4) is 0 Å². The zero-order valence-electron chi connectivity index (χ0n) is 14.2. The molecule has 1 rings (SSSR count).